The van der Waals surface area contributed by atoms with E-state index in [0.29, 0.717) is 12.1 Å². The van der Waals surface area contributed by atoms with Crippen LogP contribution in [-0.2, 0) is 0 Å². The molecule has 1 aliphatic rings. The van der Waals surface area contributed by atoms with E-state index in [-0.39, 0.29) is 0 Å². The summed E-state index contributed by atoms with van der Waals surface area (Å²) in [6, 6.07) is 1.26. The van der Waals surface area contributed by atoms with Crippen LogP contribution in [0.4, 0.5) is 0 Å². The van der Waals surface area contributed by atoms with Crippen molar-refractivity contribution in [2.24, 2.45) is 0 Å². The predicted molar refractivity (Wildman–Crippen MR) is 52.4 cm³/mol. The molecule has 1 saturated heterocycles. The zero-order valence-corrected chi connectivity index (χ0v) is 8.43. The van der Waals surface area contributed by atoms with Crippen LogP contribution in [0, 0.1) is 0 Å². The van der Waals surface area contributed by atoms with Crippen LogP contribution in [0.1, 0.15) is 13.8 Å². The minimum absolute atomic E-state index is 0.607. The molecule has 0 spiro atoms. The number of nitrogens with one attached hydrogen (secondary N) is 2. The molecule has 2 N–H and O–H groups in total. The average Bonchev–Trinajstić information content (AvgIpc) is 2.04. The molecule has 0 amide bonds. The van der Waals surface area contributed by atoms with Gasteiger partial charge in [-0.05, 0) is 20.9 Å². The largest absolute Gasteiger partial charge is 0.316 e. The van der Waals surface area contributed by atoms with E-state index in [1.807, 2.05) is 7.05 Å². The SMILES string of the molecule is CNC(C)CN1CCNC(C)C1. The predicted octanol–water partition coefficient (Wildman–Crippen LogP) is -0.112. The summed E-state index contributed by atoms with van der Waals surface area (Å²) in [4.78, 5) is 2.52. The van der Waals surface area contributed by atoms with Gasteiger partial charge in [0.25, 0.3) is 0 Å². The van der Waals surface area contributed by atoms with Crippen molar-refractivity contribution in [2.75, 3.05) is 33.2 Å². The van der Waals surface area contributed by atoms with Crippen LogP contribution in [0.2, 0.25) is 0 Å². The van der Waals surface area contributed by atoms with Crippen LogP contribution in [-0.4, -0.2) is 50.2 Å². The van der Waals surface area contributed by atoms with E-state index in [9.17, 15) is 0 Å². The first-order valence-electron chi connectivity index (χ1n) is 4.85. The first-order valence-corrected chi connectivity index (χ1v) is 4.85. The van der Waals surface area contributed by atoms with Crippen LogP contribution in [0.3, 0.4) is 0 Å². The van der Waals surface area contributed by atoms with Gasteiger partial charge in [0.05, 0.1) is 0 Å². The van der Waals surface area contributed by atoms with Gasteiger partial charge < -0.3 is 10.6 Å². The fraction of sp³-hybridized carbons (Fsp3) is 1.00. The number of likely N-dealkylation sites (N-methyl/N-ethyl adjacent to an activating group) is 1. The number of piperazine rings is 1. The first-order chi connectivity index (χ1) is 5.72. The lowest BCUT2D eigenvalue weighted by Crippen LogP contribution is -2.52. The van der Waals surface area contributed by atoms with E-state index in [1.165, 1.54) is 19.6 Å². The van der Waals surface area contributed by atoms with E-state index in [0.717, 1.165) is 6.54 Å². The zero-order valence-electron chi connectivity index (χ0n) is 8.43. The molecular formula is C9H21N3. The molecule has 0 aromatic heterocycles. The molecule has 0 aliphatic carbocycles. The first kappa shape index (κ1) is 9.96. The summed E-state index contributed by atoms with van der Waals surface area (Å²) in [7, 11) is 2.02. The van der Waals surface area contributed by atoms with E-state index in [4.69, 9.17) is 0 Å². The highest BCUT2D eigenvalue weighted by Crippen LogP contribution is 1.99. The third-order valence-corrected chi connectivity index (χ3v) is 2.48. The van der Waals surface area contributed by atoms with Gasteiger partial charge in [-0.25, -0.2) is 0 Å². The summed E-state index contributed by atoms with van der Waals surface area (Å²) < 4.78 is 0. The van der Waals surface area contributed by atoms with Crippen molar-refractivity contribution in [1.29, 1.82) is 0 Å². The van der Waals surface area contributed by atoms with Gasteiger partial charge in [0.1, 0.15) is 0 Å². The number of hydrogen-bond acceptors (Lipinski definition) is 3. The molecule has 72 valence electrons. The second-order valence-corrected chi connectivity index (χ2v) is 3.80. The molecule has 0 aromatic carbocycles. The summed E-state index contributed by atoms with van der Waals surface area (Å²) in [6.45, 7) is 9.16. The monoisotopic (exact) mass is 171 g/mol. The smallest absolute Gasteiger partial charge is 0.0167 e. The van der Waals surface area contributed by atoms with E-state index in [1.54, 1.807) is 0 Å². The zero-order chi connectivity index (χ0) is 8.97. The molecule has 0 radical (unpaired) electrons. The highest BCUT2D eigenvalue weighted by atomic mass is 15.2. The minimum atomic E-state index is 0.607. The number of hydrogen-bond donors (Lipinski definition) is 2. The number of rotatable bonds is 3. The lowest BCUT2D eigenvalue weighted by molar-refractivity contribution is 0.193. The maximum atomic E-state index is 3.44. The summed E-state index contributed by atoms with van der Waals surface area (Å²) in [5.41, 5.74) is 0. The second kappa shape index (κ2) is 4.80. The van der Waals surface area contributed by atoms with Crippen LogP contribution >= 0.6 is 0 Å². The molecule has 0 aromatic rings. The van der Waals surface area contributed by atoms with Crippen molar-refractivity contribution in [1.82, 2.24) is 15.5 Å². The fourth-order valence-corrected chi connectivity index (χ4v) is 1.66. The van der Waals surface area contributed by atoms with E-state index in [2.05, 4.69) is 29.4 Å². The second-order valence-electron chi connectivity index (χ2n) is 3.80. The van der Waals surface area contributed by atoms with Crippen molar-refractivity contribution in [3.05, 3.63) is 0 Å². The third kappa shape index (κ3) is 3.09. The van der Waals surface area contributed by atoms with Crippen molar-refractivity contribution in [3.63, 3.8) is 0 Å². The van der Waals surface area contributed by atoms with Crippen LogP contribution in [0.25, 0.3) is 0 Å². The van der Waals surface area contributed by atoms with Crippen LogP contribution < -0.4 is 10.6 Å². The van der Waals surface area contributed by atoms with Gasteiger partial charge >= 0.3 is 0 Å². The Labute approximate surface area is 75.5 Å². The minimum Gasteiger partial charge on any atom is -0.316 e. The Morgan fingerprint density at radius 3 is 3.00 bits per heavy atom. The standard InChI is InChI=1S/C9H21N3/c1-8(10-3)6-12-5-4-11-9(2)7-12/h8-11H,4-7H2,1-3H3. The highest BCUT2D eigenvalue weighted by Gasteiger charge is 2.16. The quantitative estimate of drug-likeness (QED) is 0.620. The third-order valence-electron chi connectivity index (χ3n) is 2.48. The van der Waals surface area contributed by atoms with Gasteiger partial charge in [-0.1, -0.05) is 0 Å². The normalized spacial score (nSPS) is 28.8. The Morgan fingerprint density at radius 2 is 2.42 bits per heavy atom. The fourth-order valence-electron chi connectivity index (χ4n) is 1.66. The molecular weight excluding hydrogens is 150 g/mol. The summed E-state index contributed by atoms with van der Waals surface area (Å²) in [6.07, 6.45) is 0. The van der Waals surface area contributed by atoms with Crippen molar-refractivity contribution < 1.29 is 0 Å². The molecule has 12 heavy (non-hydrogen) atoms. The molecule has 1 rings (SSSR count). The molecule has 1 fully saturated rings. The summed E-state index contributed by atoms with van der Waals surface area (Å²) in [5, 5.41) is 6.71. The maximum absolute atomic E-state index is 3.44. The van der Waals surface area contributed by atoms with Gasteiger partial charge in [-0.2, -0.15) is 0 Å². The Morgan fingerprint density at radius 1 is 1.67 bits per heavy atom. The molecule has 2 atom stereocenters. The molecule has 1 heterocycles. The summed E-state index contributed by atoms with van der Waals surface area (Å²) in [5.74, 6) is 0. The topological polar surface area (TPSA) is 27.3 Å². The Kier molecular flexibility index (Phi) is 3.98. The van der Waals surface area contributed by atoms with Gasteiger partial charge in [0, 0.05) is 38.3 Å². The van der Waals surface area contributed by atoms with E-state index >= 15 is 0 Å². The van der Waals surface area contributed by atoms with E-state index < -0.39 is 0 Å². The van der Waals surface area contributed by atoms with Crippen molar-refractivity contribution in [3.8, 4) is 0 Å². The molecule has 2 unspecified atom stereocenters. The van der Waals surface area contributed by atoms with Crippen LogP contribution in [0.15, 0.2) is 0 Å². The number of nitrogens with zero attached hydrogens (tertiary/aromatic N) is 1. The molecule has 0 saturated carbocycles. The van der Waals surface area contributed by atoms with Gasteiger partial charge in [-0.3, -0.25) is 4.90 Å². The van der Waals surface area contributed by atoms with Crippen molar-refractivity contribution >= 4 is 0 Å². The van der Waals surface area contributed by atoms with Gasteiger partial charge in [-0.15, -0.1) is 0 Å². The van der Waals surface area contributed by atoms with Gasteiger partial charge in [0.15, 0.2) is 0 Å². The lowest BCUT2D eigenvalue weighted by Gasteiger charge is -2.33. The Balaban J connectivity index is 2.22. The Bertz CT molecular complexity index is 127. The molecule has 3 nitrogen and oxygen atoms in total. The van der Waals surface area contributed by atoms with Gasteiger partial charge in [0.2, 0.25) is 0 Å². The Hall–Kier alpha value is -0.120. The molecule has 3 heteroatoms. The van der Waals surface area contributed by atoms with Crippen molar-refractivity contribution in [2.45, 2.75) is 25.9 Å². The summed E-state index contributed by atoms with van der Waals surface area (Å²) >= 11 is 0. The lowest BCUT2D eigenvalue weighted by atomic mass is 10.2. The molecule has 1 aliphatic heterocycles. The highest BCUT2D eigenvalue weighted by molar-refractivity contribution is 4.77. The average molecular weight is 171 g/mol. The van der Waals surface area contributed by atoms with Crippen LogP contribution in [0.5, 0.6) is 0 Å². The maximum Gasteiger partial charge on any atom is 0.0167 e. The molecule has 0 bridgehead atoms.